The number of rotatable bonds is 7. The molecule has 0 unspecified atom stereocenters. The van der Waals surface area contributed by atoms with Crippen molar-refractivity contribution in [1.82, 2.24) is 15.0 Å². The number of hydrogen-bond acceptors (Lipinski definition) is 10. The van der Waals surface area contributed by atoms with Crippen LogP contribution in [0.2, 0.25) is 0 Å². The third-order valence-electron chi connectivity index (χ3n) is 3.08. The first-order chi connectivity index (χ1) is 12.0. The van der Waals surface area contributed by atoms with E-state index in [1.807, 2.05) is 0 Å². The molecule has 1 heterocycles. The topological polar surface area (TPSA) is 211 Å². The van der Waals surface area contributed by atoms with Crippen molar-refractivity contribution in [2.45, 2.75) is 22.6 Å². The predicted octanol–water partition coefficient (Wildman–Crippen LogP) is -0.418. The number of anilines is 3. The van der Waals surface area contributed by atoms with E-state index in [4.69, 9.17) is 16.0 Å². The van der Waals surface area contributed by atoms with Gasteiger partial charge in [0, 0.05) is 6.42 Å². The van der Waals surface area contributed by atoms with Crippen LogP contribution in [0, 0.1) is 0 Å². The van der Waals surface area contributed by atoms with E-state index in [1.54, 1.807) is 0 Å². The second-order valence-corrected chi connectivity index (χ2v) is 7.87. The highest BCUT2D eigenvalue weighted by atomic mass is 32.2. The largest absolute Gasteiger partial charge is 0.368 e. The standard InChI is InChI=1S/C12H16N6O6S2/c13-5-1-2-10-16-11(14)18-12(17-10)15-8-6-7(25(19,20)21)3-4-9(8)26(22,23)24/h3-4,6H,1-2,5,13H2,(H,19,20,21)(H,22,23,24)(H3,14,15,16,17,18). The molecule has 0 fully saturated rings. The first-order valence-corrected chi connectivity index (χ1v) is 9.95. The smallest absolute Gasteiger partial charge is 0.296 e. The molecule has 0 atom stereocenters. The Balaban J connectivity index is 2.52. The zero-order chi connectivity index (χ0) is 19.5. The van der Waals surface area contributed by atoms with Crippen molar-refractivity contribution in [2.24, 2.45) is 5.73 Å². The number of nitrogens with one attached hydrogen (secondary N) is 1. The van der Waals surface area contributed by atoms with Crippen molar-refractivity contribution >= 4 is 37.8 Å². The summed E-state index contributed by atoms with van der Waals surface area (Å²) in [5.74, 6) is -0.0550. The molecule has 26 heavy (non-hydrogen) atoms. The average molecular weight is 404 g/mol. The zero-order valence-electron chi connectivity index (χ0n) is 13.2. The number of benzene rings is 1. The second kappa shape index (κ2) is 7.46. The van der Waals surface area contributed by atoms with Gasteiger partial charge >= 0.3 is 0 Å². The van der Waals surface area contributed by atoms with Crippen LogP contribution in [0.4, 0.5) is 17.6 Å². The molecule has 0 aliphatic rings. The Bertz CT molecular complexity index is 1020. The molecule has 7 N–H and O–H groups in total. The van der Waals surface area contributed by atoms with Gasteiger partial charge in [0.2, 0.25) is 11.9 Å². The predicted molar refractivity (Wildman–Crippen MR) is 91.0 cm³/mol. The maximum atomic E-state index is 11.5. The molecule has 0 spiro atoms. The molecule has 1 aromatic heterocycles. The molecule has 0 radical (unpaired) electrons. The number of nitrogens with zero attached hydrogens (tertiary/aromatic N) is 3. The van der Waals surface area contributed by atoms with Gasteiger partial charge in [0.1, 0.15) is 10.7 Å². The lowest BCUT2D eigenvalue weighted by molar-refractivity contribution is 0.479. The van der Waals surface area contributed by atoms with E-state index in [0.29, 0.717) is 19.4 Å². The molecule has 0 saturated carbocycles. The Morgan fingerprint density at radius 2 is 1.73 bits per heavy atom. The van der Waals surface area contributed by atoms with Crippen molar-refractivity contribution < 1.29 is 25.9 Å². The molecule has 1 aromatic carbocycles. The van der Waals surface area contributed by atoms with Crippen molar-refractivity contribution in [3.05, 3.63) is 24.0 Å². The molecule has 2 rings (SSSR count). The summed E-state index contributed by atoms with van der Waals surface area (Å²) in [6, 6.07) is 2.43. The summed E-state index contributed by atoms with van der Waals surface area (Å²) in [7, 11) is -9.32. The van der Waals surface area contributed by atoms with E-state index in [1.165, 1.54) is 0 Å². The summed E-state index contributed by atoms with van der Waals surface area (Å²) in [4.78, 5) is 10.5. The third-order valence-corrected chi connectivity index (χ3v) is 4.84. The van der Waals surface area contributed by atoms with Crippen LogP contribution in [0.3, 0.4) is 0 Å². The van der Waals surface area contributed by atoms with Crippen LogP contribution in [0.15, 0.2) is 28.0 Å². The van der Waals surface area contributed by atoms with E-state index in [-0.39, 0.29) is 23.4 Å². The van der Waals surface area contributed by atoms with Gasteiger partial charge in [-0.2, -0.15) is 31.8 Å². The highest BCUT2D eigenvalue weighted by Gasteiger charge is 2.20. The summed E-state index contributed by atoms with van der Waals surface area (Å²) in [5, 5.41) is 2.46. The fourth-order valence-corrected chi connectivity index (χ4v) is 3.11. The number of nitrogen functional groups attached to an aromatic ring is 1. The number of aromatic nitrogens is 3. The first kappa shape index (κ1) is 19.9. The lowest BCUT2D eigenvalue weighted by Gasteiger charge is -2.11. The SMILES string of the molecule is NCCCc1nc(N)nc(Nc2cc(S(=O)(=O)O)ccc2S(=O)(=O)O)n1. The minimum Gasteiger partial charge on any atom is -0.368 e. The van der Waals surface area contributed by atoms with Crippen LogP contribution in [0.25, 0.3) is 0 Å². The number of hydrogen-bond donors (Lipinski definition) is 5. The molecular weight excluding hydrogens is 388 g/mol. The van der Waals surface area contributed by atoms with Crippen LogP contribution in [0.1, 0.15) is 12.2 Å². The quantitative estimate of drug-likeness (QED) is 0.372. The summed E-state index contributed by atoms with van der Waals surface area (Å²) < 4.78 is 63.9. The molecule has 0 bridgehead atoms. The van der Waals surface area contributed by atoms with Crippen molar-refractivity contribution in [3.8, 4) is 0 Å². The molecule has 14 heteroatoms. The minimum absolute atomic E-state index is 0.158. The fraction of sp³-hybridized carbons (Fsp3) is 0.250. The Kier molecular flexibility index (Phi) is 5.72. The van der Waals surface area contributed by atoms with Gasteiger partial charge in [0.15, 0.2) is 0 Å². The normalized spacial score (nSPS) is 12.1. The Labute approximate surface area is 149 Å². The van der Waals surface area contributed by atoms with Gasteiger partial charge in [-0.1, -0.05) is 0 Å². The number of aryl methyl sites for hydroxylation is 1. The highest BCUT2D eigenvalue weighted by molar-refractivity contribution is 7.86. The minimum atomic E-state index is -4.71. The van der Waals surface area contributed by atoms with Gasteiger partial charge in [-0.15, -0.1) is 0 Å². The number of nitrogens with two attached hydrogens (primary N) is 2. The van der Waals surface area contributed by atoms with Gasteiger partial charge in [0.25, 0.3) is 20.2 Å². The summed E-state index contributed by atoms with van der Waals surface area (Å²) >= 11 is 0. The molecule has 0 aliphatic carbocycles. The monoisotopic (exact) mass is 404 g/mol. The van der Waals surface area contributed by atoms with Crippen LogP contribution >= 0.6 is 0 Å². The fourth-order valence-electron chi connectivity index (χ4n) is 1.98. The summed E-state index contributed by atoms with van der Waals surface area (Å²) in [6.45, 7) is 0.387. The van der Waals surface area contributed by atoms with E-state index < -0.39 is 30.0 Å². The Hall–Kier alpha value is -2.39. The average Bonchev–Trinajstić information content (AvgIpc) is 2.50. The molecule has 2 aromatic rings. The van der Waals surface area contributed by atoms with Crippen molar-refractivity contribution in [1.29, 1.82) is 0 Å². The second-order valence-electron chi connectivity index (χ2n) is 5.06. The van der Waals surface area contributed by atoms with Crippen LogP contribution in [-0.4, -0.2) is 47.4 Å². The maximum Gasteiger partial charge on any atom is 0.296 e. The van der Waals surface area contributed by atoms with Crippen molar-refractivity contribution in [2.75, 3.05) is 17.6 Å². The third kappa shape index (κ3) is 5.06. The van der Waals surface area contributed by atoms with Crippen molar-refractivity contribution in [3.63, 3.8) is 0 Å². The molecular formula is C12H16N6O6S2. The maximum absolute atomic E-state index is 11.5. The van der Waals surface area contributed by atoms with E-state index in [9.17, 15) is 21.4 Å². The molecule has 0 aliphatic heterocycles. The molecule has 12 nitrogen and oxygen atoms in total. The van der Waals surface area contributed by atoms with Crippen LogP contribution in [0.5, 0.6) is 0 Å². The molecule has 0 saturated heterocycles. The van der Waals surface area contributed by atoms with Gasteiger partial charge in [0.05, 0.1) is 10.6 Å². The molecule has 142 valence electrons. The van der Waals surface area contributed by atoms with Crippen LogP contribution in [-0.2, 0) is 26.7 Å². The van der Waals surface area contributed by atoms with Gasteiger partial charge < -0.3 is 16.8 Å². The van der Waals surface area contributed by atoms with E-state index in [2.05, 4.69) is 20.3 Å². The van der Waals surface area contributed by atoms with Gasteiger partial charge in [-0.05, 0) is 31.2 Å². The Morgan fingerprint density at radius 3 is 2.31 bits per heavy atom. The lowest BCUT2D eigenvalue weighted by Crippen LogP contribution is -2.11. The van der Waals surface area contributed by atoms with Gasteiger partial charge in [-0.3, -0.25) is 9.11 Å². The molecule has 0 amide bonds. The Morgan fingerprint density at radius 1 is 1.04 bits per heavy atom. The highest BCUT2D eigenvalue weighted by Crippen LogP contribution is 2.27. The summed E-state index contributed by atoms with van der Waals surface area (Å²) in [6.07, 6.45) is 0.950. The lowest BCUT2D eigenvalue weighted by atomic mass is 10.3. The van der Waals surface area contributed by atoms with E-state index in [0.717, 1.165) is 18.2 Å². The van der Waals surface area contributed by atoms with Crippen LogP contribution < -0.4 is 16.8 Å². The van der Waals surface area contributed by atoms with E-state index >= 15 is 0 Å². The zero-order valence-corrected chi connectivity index (χ0v) is 14.8. The van der Waals surface area contributed by atoms with Gasteiger partial charge in [-0.25, -0.2) is 0 Å². The first-order valence-electron chi connectivity index (χ1n) is 7.07. The summed E-state index contributed by atoms with van der Waals surface area (Å²) in [5.41, 5.74) is 10.6.